The minimum absolute atomic E-state index is 0.183. The van der Waals surface area contributed by atoms with Gasteiger partial charge in [-0.1, -0.05) is 23.2 Å². The van der Waals surface area contributed by atoms with Crippen LogP contribution in [-0.2, 0) is 0 Å². The zero-order valence-corrected chi connectivity index (χ0v) is 8.43. The Balaban J connectivity index is 3.04. The molecule has 0 bridgehead atoms. The van der Waals surface area contributed by atoms with Gasteiger partial charge in [0.1, 0.15) is 5.15 Å². The number of halogens is 2. The van der Waals surface area contributed by atoms with Crippen LogP contribution >= 0.6 is 23.2 Å². The predicted octanol–water partition coefficient (Wildman–Crippen LogP) is 1.92. The van der Waals surface area contributed by atoms with Crippen LogP contribution in [0.1, 0.15) is 17.3 Å². The van der Waals surface area contributed by atoms with E-state index in [9.17, 15) is 4.79 Å². The van der Waals surface area contributed by atoms with E-state index in [1.807, 2.05) is 0 Å². The predicted molar refractivity (Wildman–Crippen MR) is 52.2 cm³/mol. The summed E-state index contributed by atoms with van der Waals surface area (Å²) in [7, 11) is 0. The molecule has 1 aromatic rings. The number of nitrogens with zero attached hydrogens (tertiary/aromatic N) is 1. The van der Waals surface area contributed by atoms with Gasteiger partial charge in [0, 0.05) is 11.8 Å². The first-order valence-corrected chi connectivity index (χ1v) is 4.39. The number of carbonyl (C=O) groups excluding carboxylic acids is 1. The number of nitrogens with two attached hydrogens (primary N) is 1. The summed E-state index contributed by atoms with van der Waals surface area (Å²) in [5.74, 6) is -0.203. The number of pyridine rings is 1. The molecule has 0 aromatic carbocycles. The molecule has 0 spiro atoms. The van der Waals surface area contributed by atoms with Gasteiger partial charge in [-0.2, -0.15) is 0 Å². The summed E-state index contributed by atoms with van der Waals surface area (Å²) in [5.41, 5.74) is 5.78. The van der Waals surface area contributed by atoms with Crippen molar-refractivity contribution in [2.24, 2.45) is 5.73 Å². The molecule has 0 saturated carbocycles. The van der Waals surface area contributed by atoms with Crippen LogP contribution in [0.3, 0.4) is 0 Å². The molecule has 0 aliphatic carbocycles. The highest BCUT2D eigenvalue weighted by molar-refractivity contribution is 6.41. The number of aromatic nitrogens is 1. The molecule has 1 aromatic heterocycles. The van der Waals surface area contributed by atoms with Gasteiger partial charge in [-0.05, 0) is 13.0 Å². The summed E-state index contributed by atoms with van der Waals surface area (Å²) in [5, 5.41) is 0.441. The highest BCUT2D eigenvalue weighted by Gasteiger charge is 2.12. The van der Waals surface area contributed by atoms with Gasteiger partial charge in [-0.25, -0.2) is 4.98 Å². The van der Waals surface area contributed by atoms with E-state index in [0.717, 1.165) is 0 Å². The molecule has 0 radical (unpaired) electrons. The van der Waals surface area contributed by atoms with Gasteiger partial charge in [0.15, 0.2) is 5.78 Å². The van der Waals surface area contributed by atoms with Crippen LogP contribution in [0.4, 0.5) is 0 Å². The first-order chi connectivity index (χ1) is 6.02. The fraction of sp³-hybridized carbons (Fsp3) is 0.250. The zero-order chi connectivity index (χ0) is 10.0. The van der Waals surface area contributed by atoms with Crippen LogP contribution in [0.15, 0.2) is 12.3 Å². The Morgan fingerprint density at radius 3 is 2.69 bits per heavy atom. The van der Waals surface area contributed by atoms with Crippen molar-refractivity contribution in [2.45, 2.75) is 13.0 Å². The Hall–Kier alpha value is -0.640. The molecule has 1 atom stereocenters. The van der Waals surface area contributed by atoms with Crippen molar-refractivity contribution in [3.8, 4) is 0 Å². The maximum absolute atomic E-state index is 11.3. The van der Waals surface area contributed by atoms with Gasteiger partial charge in [-0.15, -0.1) is 0 Å². The van der Waals surface area contributed by atoms with Crippen LogP contribution in [0.2, 0.25) is 10.2 Å². The van der Waals surface area contributed by atoms with E-state index >= 15 is 0 Å². The van der Waals surface area contributed by atoms with Crippen LogP contribution in [0, 0.1) is 0 Å². The fourth-order valence-corrected chi connectivity index (χ4v) is 1.09. The van der Waals surface area contributed by atoms with Gasteiger partial charge in [0.2, 0.25) is 0 Å². The minimum atomic E-state index is -0.556. The lowest BCUT2D eigenvalue weighted by Crippen LogP contribution is -2.26. The average molecular weight is 219 g/mol. The van der Waals surface area contributed by atoms with E-state index in [-0.39, 0.29) is 16.0 Å². The van der Waals surface area contributed by atoms with E-state index < -0.39 is 6.04 Å². The van der Waals surface area contributed by atoms with Crippen molar-refractivity contribution in [1.29, 1.82) is 0 Å². The summed E-state index contributed by atoms with van der Waals surface area (Å²) >= 11 is 11.3. The highest BCUT2D eigenvalue weighted by Crippen LogP contribution is 2.20. The number of Topliss-reactive ketones (excluding diaryl/α,β-unsaturated/α-hetero) is 1. The number of hydrogen-bond acceptors (Lipinski definition) is 3. The topological polar surface area (TPSA) is 56.0 Å². The second kappa shape index (κ2) is 4.05. The van der Waals surface area contributed by atoms with Crippen LogP contribution in [0.25, 0.3) is 0 Å². The highest BCUT2D eigenvalue weighted by atomic mass is 35.5. The summed E-state index contributed by atoms with van der Waals surface area (Å²) in [4.78, 5) is 15.1. The van der Waals surface area contributed by atoms with Crippen molar-refractivity contribution in [3.05, 3.63) is 28.0 Å². The molecule has 1 heterocycles. The zero-order valence-electron chi connectivity index (χ0n) is 6.92. The van der Waals surface area contributed by atoms with Crippen molar-refractivity contribution >= 4 is 29.0 Å². The van der Waals surface area contributed by atoms with Crippen molar-refractivity contribution in [3.63, 3.8) is 0 Å². The minimum Gasteiger partial charge on any atom is -0.321 e. The van der Waals surface area contributed by atoms with Gasteiger partial charge in [0.25, 0.3) is 0 Å². The molecule has 1 rings (SSSR count). The van der Waals surface area contributed by atoms with E-state index in [1.54, 1.807) is 6.92 Å². The third-order valence-corrected chi connectivity index (χ3v) is 2.18. The Morgan fingerprint density at radius 2 is 2.23 bits per heavy atom. The van der Waals surface area contributed by atoms with Crippen molar-refractivity contribution in [1.82, 2.24) is 4.98 Å². The molecule has 1 unspecified atom stereocenters. The molecular formula is C8H8Cl2N2O. The second-order valence-corrected chi connectivity index (χ2v) is 3.41. The molecule has 0 aliphatic rings. The Bertz CT molecular complexity index is 339. The Kier molecular flexibility index (Phi) is 3.25. The third-order valence-electron chi connectivity index (χ3n) is 1.49. The molecule has 70 valence electrons. The number of hydrogen-bond donors (Lipinski definition) is 1. The quantitative estimate of drug-likeness (QED) is 0.610. The van der Waals surface area contributed by atoms with Gasteiger partial charge >= 0.3 is 0 Å². The molecule has 13 heavy (non-hydrogen) atoms. The molecule has 2 N–H and O–H groups in total. The fourth-order valence-electron chi connectivity index (χ4n) is 0.819. The van der Waals surface area contributed by atoms with Crippen LogP contribution in [-0.4, -0.2) is 16.8 Å². The lowest BCUT2D eigenvalue weighted by molar-refractivity contribution is 0.0967. The van der Waals surface area contributed by atoms with Crippen LogP contribution < -0.4 is 5.73 Å². The molecule has 0 fully saturated rings. The molecule has 0 saturated heterocycles. The van der Waals surface area contributed by atoms with Gasteiger partial charge in [0.05, 0.1) is 11.1 Å². The lowest BCUT2D eigenvalue weighted by atomic mass is 10.1. The normalized spacial score (nSPS) is 12.6. The van der Waals surface area contributed by atoms with E-state index in [2.05, 4.69) is 4.98 Å². The van der Waals surface area contributed by atoms with E-state index in [0.29, 0.717) is 5.56 Å². The largest absolute Gasteiger partial charge is 0.321 e. The van der Waals surface area contributed by atoms with Crippen molar-refractivity contribution in [2.75, 3.05) is 0 Å². The first-order valence-electron chi connectivity index (χ1n) is 3.63. The standard InChI is InChI=1S/C8H8Cl2N2O/c1-4(11)7(13)5-2-6(9)8(10)12-3-5/h2-4H,11H2,1H3. The number of ketones is 1. The second-order valence-electron chi connectivity index (χ2n) is 2.65. The van der Waals surface area contributed by atoms with E-state index in [4.69, 9.17) is 28.9 Å². The lowest BCUT2D eigenvalue weighted by Gasteiger charge is -2.04. The SMILES string of the molecule is CC(N)C(=O)c1cnc(Cl)c(Cl)c1. The van der Waals surface area contributed by atoms with Crippen LogP contribution in [0.5, 0.6) is 0 Å². The summed E-state index contributed by atoms with van der Waals surface area (Å²) in [6.07, 6.45) is 1.36. The smallest absolute Gasteiger partial charge is 0.180 e. The maximum Gasteiger partial charge on any atom is 0.180 e. The molecular weight excluding hydrogens is 211 g/mol. The molecule has 0 amide bonds. The average Bonchev–Trinajstić information content (AvgIpc) is 2.08. The first kappa shape index (κ1) is 10.4. The summed E-state index contributed by atoms with van der Waals surface area (Å²) < 4.78 is 0. The van der Waals surface area contributed by atoms with Gasteiger partial charge in [-0.3, -0.25) is 4.79 Å². The number of rotatable bonds is 2. The Morgan fingerprint density at radius 1 is 1.62 bits per heavy atom. The Labute approximate surface area is 85.9 Å². The maximum atomic E-state index is 11.3. The molecule has 0 aliphatic heterocycles. The van der Waals surface area contributed by atoms with E-state index in [1.165, 1.54) is 12.3 Å². The summed E-state index contributed by atoms with van der Waals surface area (Å²) in [6, 6.07) is 0.904. The monoisotopic (exact) mass is 218 g/mol. The number of carbonyl (C=O) groups is 1. The summed E-state index contributed by atoms with van der Waals surface area (Å²) in [6.45, 7) is 1.60. The third kappa shape index (κ3) is 2.40. The molecule has 5 heteroatoms. The van der Waals surface area contributed by atoms with Gasteiger partial charge < -0.3 is 5.73 Å². The van der Waals surface area contributed by atoms with Crippen molar-refractivity contribution < 1.29 is 4.79 Å². The molecule has 3 nitrogen and oxygen atoms in total.